The molecule has 1 unspecified atom stereocenters. The number of aromatic nitrogens is 2. The molecule has 4 heterocycles. The van der Waals surface area contributed by atoms with Crippen LogP contribution in [0.1, 0.15) is 70.2 Å². The highest BCUT2D eigenvalue weighted by molar-refractivity contribution is 7.90. The highest BCUT2D eigenvalue weighted by Crippen LogP contribution is 2.38. The number of nitrogens with zero attached hydrogens (tertiary/aromatic N) is 5. The standard InChI is InChI=1S/C28H42N6O3S/c1-5-6-7-8-16-32-18-20-33(21-19-32)24-12-9-13-25(30-24)38(36,37)31-27(35)23-11-10-15-29-26(23)34-17-14-22(2)28(34,3)4/h9-13,15,22H,5-8,14,16-21H2,1-4H3,(H,31,35). The molecule has 1 atom stereocenters. The third-order valence-electron chi connectivity index (χ3n) is 8.21. The van der Waals surface area contributed by atoms with E-state index in [0.29, 0.717) is 17.6 Å². The van der Waals surface area contributed by atoms with Crippen LogP contribution in [0.2, 0.25) is 0 Å². The lowest BCUT2D eigenvalue weighted by molar-refractivity contribution is 0.0981. The summed E-state index contributed by atoms with van der Waals surface area (Å²) < 4.78 is 28.7. The van der Waals surface area contributed by atoms with Crippen LogP contribution in [0, 0.1) is 5.92 Å². The largest absolute Gasteiger partial charge is 0.354 e. The Kier molecular flexibility index (Phi) is 8.92. The number of piperazine rings is 1. The summed E-state index contributed by atoms with van der Waals surface area (Å²) in [7, 11) is -4.17. The second-order valence-corrected chi connectivity index (χ2v) is 12.7. The van der Waals surface area contributed by atoms with Gasteiger partial charge in [0.15, 0.2) is 5.03 Å². The number of nitrogens with one attached hydrogen (secondary N) is 1. The van der Waals surface area contributed by atoms with Gasteiger partial charge in [-0.2, -0.15) is 8.42 Å². The maximum atomic E-state index is 13.3. The normalized spacial score (nSPS) is 20.1. The molecule has 4 rings (SSSR count). The zero-order valence-corrected chi connectivity index (χ0v) is 24.0. The highest BCUT2D eigenvalue weighted by atomic mass is 32.2. The SMILES string of the molecule is CCCCCCN1CCN(c2cccc(S(=O)(=O)NC(=O)c3cccnc3N3CCC(C)C3(C)C)n2)CC1. The van der Waals surface area contributed by atoms with Crippen LogP contribution in [0.15, 0.2) is 41.6 Å². The Hall–Kier alpha value is -2.72. The molecule has 2 saturated heterocycles. The van der Waals surface area contributed by atoms with Gasteiger partial charge in [0.2, 0.25) is 0 Å². The average Bonchev–Trinajstić information content (AvgIpc) is 3.18. The average molecular weight is 543 g/mol. The van der Waals surface area contributed by atoms with E-state index in [0.717, 1.165) is 45.7 Å². The van der Waals surface area contributed by atoms with Crippen LogP contribution in [0.25, 0.3) is 0 Å². The predicted molar refractivity (Wildman–Crippen MR) is 151 cm³/mol. The van der Waals surface area contributed by atoms with Crippen LogP contribution in [0.3, 0.4) is 0 Å². The van der Waals surface area contributed by atoms with Crippen molar-refractivity contribution in [1.82, 2.24) is 19.6 Å². The lowest BCUT2D eigenvalue weighted by Gasteiger charge is -2.36. The van der Waals surface area contributed by atoms with Gasteiger partial charge < -0.3 is 9.80 Å². The van der Waals surface area contributed by atoms with Gasteiger partial charge in [0, 0.05) is 44.5 Å². The molecule has 0 aliphatic carbocycles. The maximum Gasteiger partial charge on any atom is 0.281 e. The zero-order valence-electron chi connectivity index (χ0n) is 23.2. The Bertz CT molecular complexity index is 1210. The molecule has 0 radical (unpaired) electrons. The van der Waals surface area contributed by atoms with E-state index in [9.17, 15) is 13.2 Å². The van der Waals surface area contributed by atoms with Gasteiger partial charge in [-0.1, -0.05) is 39.2 Å². The molecular formula is C28H42N6O3S. The van der Waals surface area contributed by atoms with Crippen molar-refractivity contribution in [3.05, 3.63) is 42.1 Å². The maximum absolute atomic E-state index is 13.3. The Balaban J connectivity index is 1.44. The molecule has 2 aliphatic heterocycles. The van der Waals surface area contributed by atoms with Gasteiger partial charge >= 0.3 is 0 Å². The molecule has 38 heavy (non-hydrogen) atoms. The van der Waals surface area contributed by atoms with Crippen LogP contribution < -0.4 is 14.5 Å². The molecule has 10 heteroatoms. The van der Waals surface area contributed by atoms with Gasteiger partial charge in [-0.3, -0.25) is 9.69 Å². The van der Waals surface area contributed by atoms with Gasteiger partial charge in [0.05, 0.1) is 5.56 Å². The summed E-state index contributed by atoms with van der Waals surface area (Å²) in [5.41, 5.74) is 0.0435. The number of unbranched alkanes of at least 4 members (excludes halogenated alkanes) is 3. The zero-order chi connectivity index (χ0) is 27.3. The number of anilines is 2. The molecule has 1 N–H and O–H groups in total. The van der Waals surface area contributed by atoms with Crippen molar-refractivity contribution in [2.24, 2.45) is 5.92 Å². The second kappa shape index (κ2) is 12.0. The lowest BCUT2D eigenvalue weighted by atomic mass is 9.90. The van der Waals surface area contributed by atoms with Crippen LogP contribution in [-0.2, 0) is 10.0 Å². The van der Waals surface area contributed by atoms with Crippen molar-refractivity contribution in [2.75, 3.05) is 49.1 Å². The number of carbonyl (C=O) groups is 1. The Morgan fingerprint density at radius 3 is 2.50 bits per heavy atom. The third-order valence-corrected chi connectivity index (χ3v) is 9.44. The topological polar surface area (TPSA) is 98.7 Å². The van der Waals surface area contributed by atoms with Gasteiger partial charge in [-0.25, -0.2) is 14.7 Å². The molecule has 2 aromatic heterocycles. The number of rotatable bonds is 10. The molecule has 2 aromatic rings. The van der Waals surface area contributed by atoms with E-state index in [1.807, 2.05) is 6.07 Å². The first-order chi connectivity index (χ1) is 18.1. The highest BCUT2D eigenvalue weighted by Gasteiger charge is 2.40. The quantitative estimate of drug-likeness (QED) is 0.451. The van der Waals surface area contributed by atoms with Crippen LogP contribution in [0.5, 0.6) is 0 Å². The minimum absolute atomic E-state index is 0.161. The molecule has 9 nitrogen and oxygen atoms in total. The number of carbonyl (C=O) groups excluding carboxylic acids is 1. The first-order valence-electron chi connectivity index (χ1n) is 13.9. The molecule has 2 aliphatic rings. The summed E-state index contributed by atoms with van der Waals surface area (Å²) in [5, 5.41) is -0.161. The minimum atomic E-state index is -4.17. The lowest BCUT2D eigenvalue weighted by Crippen LogP contribution is -2.47. The van der Waals surface area contributed by atoms with Crippen molar-refractivity contribution in [3.8, 4) is 0 Å². The van der Waals surface area contributed by atoms with E-state index in [1.54, 1.807) is 24.4 Å². The summed E-state index contributed by atoms with van der Waals surface area (Å²) in [5.74, 6) is 0.830. The van der Waals surface area contributed by atoms with E-state index in [2.05, 4.69) is 57.1 Å². The number of hydrogen-bond acceptors (Lipinski definition) is 8. The molecular weight excluding hydrogens is 500 g/mol. The van der Waals surface area contributed by atoms with Crippen LogP contribution in [0.4, 0.5) is 11.6 Å². The number of hydrogen-bond donors (Lipinski definition) is 1. The van der Waals surface area contributed by atoms with Crippen LogP contribution in [-0.4, -0.2) is 74.0 Å². The third kappa shape index (κ3) is 6.29. The van der Waals surface area contributed by atoms with E-state index >= 15 is 0 Å². The summed E-state index contributed by atoms with van der Waals surface area (Å²) >= 11 is 0. The summed E-state index contributed by atoms with van der Waals surface area (Å²) in [6, 6.07) is 8.21. The van der Waals surface area contributed by atoms with Gasteiger partial charge in [0.25, 0.3) is 15.9 Å². The fourth-order valence-corrected chi connectivity index (χ4v) is 6.25. The molecule has 0 aromatic carbocycles. The summed E-state index contributed by atoms with van der Waals surface area (Å²) in [6.45, 7) is 13.9. The van der Waals surface area contributed by atoms with Gasteiger partial charge in [-0.15, -0.1) is 0 Å². The summed E-state index contributed by atoms with van der Waals surface area (Å²) in [6.07, 6.45) is 7.60. The van der Waals surface area contributed by atoms with Gasteiger partial charge in [0.1, 0.15) is 11.6 Å². The molecule has 1 amide bonds. The van der Waals surface area contributed by atoms with E-state index in [-0.39, 0.29) is 16.1 Å². The first kappa shape index (κ1) is 28.3. The number of amides is 1. The van der Waals surface area contributed by atoms with Crippen molar-refractivity contribution >= 4 is 27.6 Å². The fourth-order valence-electron chi connectivity index (χ4n) is 5.32. The summed E-state index contributed by atoms with van der Waals surface area (Å²) in [4.78, 5) is 28.8. The molecule has 2 fully saturated rings. The van der Waals surface area contributed by atoms with Gasteiger partial charge in [-0.05, 0) is 63.4 Å². The van der Waals surface area contributed by atoms with Crippen molar-refractivity contribution in [3.63, 3.8) is 0 Å². The molecule has 208 valence electrons. The molecule has 0 bridgehead atoms. The Labute approximate surface area is 227 Å². The molecule has 0 saturated carbocycles. The second-order valence-electron chi connectivity index (χ2n) is 11.0. The van der Waals surface area contributed by atoms with Crippen molar-refractivity contribution in [1.29, 1.82) is 0 Å². The molecule has 0 spiro atoms. The van der Waals surface area contributed by atoms with Crippen LogP contribution >= 0.6 is 0 Å². The Morgan fingerprint density at radius 2 is 1.82 bits per heavy atom. The fraction of sp³-hybridized carbons (Fsp3) is 0.607. The Morgan fingerprint density at radius 1 is 1.05 bits per heavy atom. The monoisotopic (exact) mass is 542 g/mol. The minimum Gasteiger partial charge on any atom is -0.354 e. The smallest absolute Gasteiger partial charge is 0.281 e. The number of sulfonamides is 1. The van der Waals surface area contributed by atoms with Crippen molar-refractivity contribution in [2.45, 2.75) is 70.4 Å². The predicted octanol–water partition coefficient (Wildman–Crippen LogP) is 3.92. The number of pyridine rings is 2. The van der Waals surface area contributed by atoms with E-state index in [4.69, 9.17) is 0 Å². The van der Waals surface area contributed by atoms with Crippen molar-refractivity contribution < 1.29 is 13.2 Å². The van der Waals surface area contributed by atoms with E-state index in [1.165, 1.54) is 31.7 Å². The van der Waals surface area contributed by atoms with E-state index < -0.39 is 15.9 Å². The first-order valence-corrected chi connectivity index (χ1v) is 15.4.